The van der Waals surface area contributed by atoms with Gasteiger partial charge in [-0.25, -0.2) is 0 Å². The molecule has 160 valence electrons. The quantitative estimate of drug-likeness (QED) is 0.430. The van der Waals surface area contributed by atoms with Gasteiger partial charge >= 0.3 is 0 Å². The van der Waals surface area contributed by atoms with E-state index in [0.29, 0.717) is 5.75 Å². The molecule has 1 unspecified atom stereocenters. The van der Waals surface area contributed by atoms with Crippen molar-refractivity contribution in [2.75, 3.05) is 0 Å². The predicted octanol–water partition coefficient (Wildman–Crippen LogP) is 7.90. The first-order valence-electron chi connectivity index (χ1n) is 11.2. The molecule has 0 amide bonds. The monoisotopic (exact) mass is 396 g/mol. The van der Waals surface area contributed by atoms with Gasteiger partial charge in [-0.2, -0.15) is 0 Å². The van der Waals surface area contributed by atoms with Crippen LogP contribution in [0, 0.1) is 13.8 Å². The number of allylic oxidation sites excluding steroid dienone is 6. The molecule has 1 aromatic rings. The van der Waals surface area contributed by atoms with Crippen LogP contribution >= 0.6 is 0 Å². The number of aryl methyl sites for hydroxylation is 1. The average molecular weight is 397 g/mol. The van der Waals surface area contributed by atoms with E-state index in [9.17, 15) is 5.11 Å². The first-order valence-corrected chi connectivity index (χ1v) is 11.2. The zero-order valence-electron chi connectivity index (χ0n) is 19.4. The summed E-state index contributed by atoms with van der Waals surface area (Å²) in [5, 5.41) is 10.0. The summed E-state index contributed by atoms with van der Waals surface area (Å²) in [6, 6.07) is 1.83. The Morgan fingerprint density at radius 3 is 2.28 bits per heavy atom. The number of rotatable bonds is 9. The van der Waals surface area contributed by atoms with E-state index in [4.69, 9.17) is 4.74 Å². The van der Waals surface area contributed by atoms with E-state index in [1.807, 2.05) is 19.9 Å². The summed E-state index contributed by atoms with van der Waals surface area (Å²) in [6.45, 7) is 12.8. The van der Waals surface area contributed by atoms with Crippen LogP contribution in [0.3, 0.4) is 0 Å². The van der Waals surface area contributed by atoms with Crippen LogP contribution in [0.15, 0.2) is 41.0 Å². The molecule has 1 aromatic carbocycles. The van der Waals surface area contributed by atoms with Crippen molar-refractivity contribution < 1.29 is 9.84 Å². The Kier molecular flexibility index (Phi) is 9.07. The second kappa shape index (κ2) is 11.3. The van der Waals surface area contributed by atoms with Gasteiger partial charge in [-0.05, 0) is 110 Å². The van der Waals surface area contributed by atoms with Gasteiger partial charge in [-0.3, -0.25) is 0 Å². The molecule has 0 saturated carbocycles. The van der Waals surface area contributed by atoms with Gasteiger partial charge in [0.2, 0.25) is 0 Å². The van der Waals surface area contributed by atoms with Crippen molar-refractivity contribution in [2.45, 2.75) is 99.0 Å². The zero-order valence-corrected chi connectivity index (χ0v) is 19.4. The lowest BCUT2D eigenvalue weighted by Crippen LogP contribution is -2.23. The third-order valence-electron chi connectivity index (χ3n) is 5.93. The number of hydrogen-bond donors (Lipinski definition) is 1. The number of ether oxygens (including phenoxy) is 1. The van der Waals surface area contributed by atoms with Crippen LogP contribution in [0.5, 0.6) is 11.5 Å². The molecule has 2 rings (SSSR count). The first kappa shape index (κ1) is 23.3. The molecule has 0 bridgehead atoms. The summed E-state index contributed by atoms with van der Waals surface area (Å²) in [7, 11) is 0. The Bertz CT molecular complexity index is 776. The second-order valence-corrected chi connectivity index (χ2v) is 8.96. The van der Waals surface area contributed by atoms with E-state index in [-0.39, 0.29) is 6.10 Å². The maximum absolute atomic E-state index is 10.0. The van der Waals surface area contributed by atoms with Gasteiger partial charge in [-0.1, -0.05) is 34.9 Å². The van der Waals surface area contributed by atoms with Crippen molar-refractivity contribution in [3.8, 4) is 11.5 Å². The number of phenolic OH excluding ortho intramolecular Hbond substituents is 1. The Labute approximate surface area is 178 Å². The molecule has 1 atom stereocenters. The molecular formula is C27H40O2. The highest BCUT2D eigenvalue weighted by Gasteiger charge is 2.23. The Morgan fingerprint density at radius 1 is 1.00 bits per heavy atom. The standard InChI is InChI=1S/C27H40O2/c1-19(2)10-7-11-20(3)12-8-13-21(4)14-9-15-24-16-17-25-23(6)26(28)18-22(5)27(25)29-24/h10,12,14,18,24,28H,7-9,11,13,15-17H2,1-6H3/b20-12+,21-14+. The van der Waals surface area contributed by atoms with Gasteiger partial charge in [0.05, 0.1) is 6.10 Å². The van der Waals surface area contributed by atoms with Crippen molar-refractivity contribution in [3.63, 3.8) is 0 Å². The normalized spacial score (nSPS) is 17.0. The van der Waals surface area contributed by atoms with Crippen LogP contribution in [0.2, 0.25) is 0 Å². The highest BCUT2D eigenvalue weighted by Crippen LogP contribution is 2.38. The molecule has 0 spiro atoms. The summed E-state index contributed by atoms with van der Waals surface area (Å²) in [6.07, 6.45) is 16.2. The van der Waals surface area contributed by atoms with E-state index in [2.05, 4.69) is 45.9 Å². The fourth-order valence-electron chi connectivity index (χ4n) is 4.00. The maximum Gasteiger partial charge on any atom is 0.126 e. The molecule has 0 radical (unpaired) electrons. The summed E-state index contributed by atoms with van der Waals surface area (Å²) < 4.78 is 6.29. The van der Waals surface area contributed by atoms with Gasteiger partial charge in [0.25, 0.3) is 0 Å². The van der Waals surface area contributed by atoms with Crippen molar-refractivity contribution >= 4 is 0 Å². The van der Waals surface area contributed by atoms with Crippen molar-refractivity contribution in [1.82, 2.24) is 0 Å². The number of fused-ring (bicyclic) bond motifs is 1. The molecule has 0 aliphatic carbocycles. The van der Waals surface area contributed by atoms with E-state index >= 15 is 0 Å². The second-order valence-electron chi connectivity index (χ2n) is 8.96. The highest BCUT2D eigenvalue weighted by molar-refractivity contribution is 5.53. The topological polar surface area (TPSA) is 29.5 Å². The third-order valence-corrected chi connectivity index (χ3v) is 5.93. The molecule has 1 heterocycles. The van der Waals surface area contributed by atoms with Crippen LogP contribution in [0.1, 0.15) is 89.3 Å². The van der Waals surface area contributed by atoms with Gasteiger partial charge < -0.3 is 9.84 Å². The van der Waals surface area contributed by atoms with Gasteiger partial charge in [0.1, 0.15) is 11.5 Å². The minimum atomic E-state index is 0.284. The summed E-state index contributed by atoms with van der Waals surface area (Å²) in [4.78, 5) is 0. The lowest BCUT2D eigenvalue weighted by molar-refractivity contribution is 0.163. The van der Waals surface area contributed by atoms with E-state index < -0.39 is 0 Å². The van der Waals surface area contributed by atoms with Gasteiger partial charge in [0, 0.05) is 5.56 Å². The van der Waals surface area contributed by atoms with Crippen molar-refractivity contribution in [1.29, 1.82) is 0 Å². The number of phenols is 1. The Hall–Kier alpha value is -1.96. The maximum atomic E-state index is 10.0. The summed E-state index contributed by atoms with van der Waals surface area (Å²) in [5.74, 6) is 1.40. The molecule has 2 heteroatoms. The van der Waals surface area contributed by atoms with Crippen LogP contribution in [0.4, 0.5) is 0 Å². The molecule has 2 nitrogen and oxygen atoms in total. The van der Waals surface area contributed by atoms with Gasteiger partial charge in [-0.15, -0.1) is 0 Å². The molecule has 1 aliphatic rings. The van der Waals surface area contributed by atoms with Crippen molar-refractivity contribution in [3.05, 3.63) is 57.7 Å². The average Bonchev–Trinajstić information content (AvgIpc) is 2.66. The van der Waals surface area contributed by atoms with Crippen LogP contribution in [-0.2, 0) is 6.42 Å². The molecule has 29 heavy (non-hydrogen) atoms. The Balaban J connectivity index is 1.76. The SMILES string of the molecule is CC(C)=CCC/C(C)=C/CC/C(C)=C/CCC1CCc2c(C)c(O)cc(C)c2O1. The number of benzene rings is 1. The van der Waals surface area contributed by atoms with E-state index in [1.54, 1.807) is 0 Å². The molecule has 1 N–H and O–H groups in total. The number of aromatic hydroxyl groups is 1. The fourth-order valence-corrected chi connectivity index (χ4v) is 4.00. The zero-order chi connectivity index (χ0) is 21.4. The summed E-state index contributed by atoms with van der Waals surface area (Å²) in [5.41, 5.74) is 7.60. The molecule has 1 aliphatic heterocycles. The van der Waals surface area contributed by atoms with Crippen LogP contribution < -0.4 is 4.74 Å². The van der Waals surface area contributed by atoms with E-state index in [0.717, 1.165) is 61.8 Å². The fraction of sp³-hybridized carbons (Fsp3) is 0.556. The molecular weight excluding hydrogens is 356 g/mol. The minimum Gasteiger partial charge on any atom is -0.508 e. The Morgan fingerprint density at radius 2 is 1.62 bits per heavy atom. The summed E-state index contributed by atoms with van der Waals surface area (Å²) >= 11 is 0. The van der Waals surface area contributed by atoms with Gasteiger partial charge in [0.15, 0.2) is 0 Å². The predicted molar refractivity (Wildman–Crippen MR) is 125 cm³/mol. The van der Waals surface area contributed by atoms with Crippen LogP contribution in [-0.4, -0.2) is 11.2 Å². The smallest absolute Gasteiger partial charge is 0.126 e. The minimum absolute atomic E-state index is 0.284. The largest absolute Gasteiger partial charge is 0.508 e. The number of hydrogen-bond acceptors (Lipinski definition) is 2. The molecule has 0 saturated heterocycles. The highest BCUT2D eigenvalue weighted by atomic mass is 16.5. The van der Waals surface area contributed by atoms with Crippen molar-refractivity contribution in [2.24, 2.45) is 0 Å². The molecule has 0 aromatic heterocycles. The lowest BCUT2D eigenvalue weighted by Gasteiger charge is -2.29. The van der Waals surface area contributed by atoms with Crippen LogP contribution in [0.25, 0.3) is 0 Å². The molecule has 0 fully saturated rings. The lowest BCUT2D eigenvalue weighted by atomic mass is 9.93. The van der Waals surface area contributed by atoms with E-state index in [1.165, 1.54) is 28.7 Å². The first-order chi connectivity index (χ1) is 13.8. The third kappa shape index (κ3) is 7.42.